The van der Waals surface area contributed by atoms with E-state index in [1.807, 2.05) is 24.3 Å². The van der Waals surface area contributed by atoms with Crippen molar-refractivity contribution in [3.8, 4) is 11.1 Å². The zero-order valence-corrected chi connectivity index (χ0v) is 19.2. The Morgan fingerprint density at radius 3 is 2.29 bits per heavy atom. The second kappa shape index (κ2) is 10.7. The standard InChI is InChI=1S/C28H26N2O5/c1-18(15-26(31)30-20-8-6-7-19(16-20)13-14-27(32)33)29-28(34)35-17-25-23-11-4-2-9-21(23)22-10-3-5-12-24(22)25/h2-14,16,18,25H,15,17H2,1H3,(H,29,34)(H,30,31)(H,32,33)/b14-13+. The fourth-order valence-electron chi connectivity index (χ4n) is 4.27. The van der Waals surface area contributed by atoms with Crippen LogP contribution in [0.5, 0.6) is 0 Å². The van der Waals surface area contributed by atoms with Crippen LogP contribution in [0.3, 0.4) is 0 Å². The van der Waals surface area contributed by atoms with Gasteiger partial charge in [0.25, 0.3) is 0 Å². The van der Waals surface area contributed by atoms with E-state index in [4.69, 9.17) is 9.84 Å². The Morgan fingerprint density at radius 1 is 0.971 bits per heavy atom. The number of hydrogen-bond acceptors (Lipinski definition) is 4. The first kappa shape index (κ1) is 23.8. The van der Waals surface area contributed by atoms with E-state index in [0.29, 0.717) is 11.3 Å². The highest BCUT2D eigenvalue weighted by atomic mass is 16.5. The molecular formula is C28H26N2O5. The number of carboxylic acid groups (broad SMARTS) is 1. The van der Waals surface area contributed by atoms with Gasteiger partial charge in [-0.15, -0.1) is 0 Å². The molecule has 0 saturated carbocycles. The molecule has 1 aliphatic rings. The van der Waals surface area contributed by atoms with E-state index < -0.39 is 18.1 Å². The number of rotatable bonds is 8. The second-order valence-electron chi connectivity index (χ2n) is 8.42. The molecule has 4 rings (SSSR count). The van der Waals surface area contributed by atoms with E-state index in [0.717, 1.165) is 28.3 Å². The second-order valence-corrected chi connectivity index (χ2v) is 8.42. The third-order valence-corrected chi connectivity index (χ3v) is 5.79. The molecule has 1 unspecified atom stereocenters. The quantitative estimate of drug-likeness (QED) is 0.400. The van der Waals surface area contributed by atoms with Crippen molar-refractivity contribution in [2.45, 2.75) is 25.3 Å². The number of ether oxygens (including phenoxy) is 1. The van der Waals surface area contributed by atoms with E-state index in [-0.39, 0.29) is 24.9 Å². The Kier molecular flexibility index (Phi) is 7.26. The fourth-order valence-corrected chi connectivity index (χ4v) is 4.27. The first-order chi connectivity index (χ1) is 16.9. The minimum Gasteiger partial charge on any atom is -0.478 e. The number of carboxylic acids is 1. The highest BCUT2D eigenvalue weighted by Gasteiger charge is 2.29. The molecule has 2 amide bonds. The summed E-state index contributed by atoms with van der Waals surface area (Å²) in [5.74, 6) is -1.36. The lowest BCUT2D eigenvalue weighted by Gasteiger charge is -2.17. The SMILES string of the molecule is CC(CC(=O)Nc1cccc(/C=C/C(=O)O)c1)NC(=O)OCC1c2ccccc2-c2ccccc21. The number of carbonyl (C=O) groups excluding carboxylic acids is 2. The molecule has 0 spiro atoms. The van der Waals surface area contributed by atoms with Crippen molar-refractivity contribution in [1.82, 2.24) is 5.32 Å². The Balaban J connectivity index is 1.28. The number of aliphatic carboxylic acids is 1. The van der Waals surface area contributed by atoms with Gasteiger partial charge in [-0.2, -0.15) is 0 Å². The number of carbonyl (C=O) groups is 3. The van der Waals surface area contributed by atoms with Crippen LogP contribution in [-0.4, -0.2) is 35.7 Å². The van der Waals surface area contributed by atoms with Crippen LogP contribution in [0.25, 0.3) is 17.2 Å². The van der Waals surface area contributed by atoms with Crippen molar-refractivity contribution in [3.05, 3.63) is 95.6 Å². The highest BCUT2D eigenvalue weighted by molar-refractivity contribution is 5.92. The van der Waals surface area contributed by atoms with Crippen LogP contribution < -0.4 is 10.6 Å². The molecule has 35 heavy (non-hydrogen) atoms. The van der Waals surface area contributed by atoms with Crippen molar-refractivity contribution >= 4 is 29.7 Å². The summed E-state index contributed by atoms with van der Waals surface area (Å²) in [6, 6.07) is 22.6. The molecule has 7 nitrogen and oxygen atoms in total. The van der Waals surface area contributed by atoms with Gasteiger partial charge >= 0.3 is 12.1 Å². The maximum absolute atomic E-state index is 12.4. The number of alkyl carbamates (subject to hydrolysis) is 1. The van der Waals surface area contributed by atoms with Crippen molar-refractivity contribution in [3.63, 3.8) is 0 Å². The van der Waals surface area contributed by atoms with Crippen LogP contribution in [0, 0.1) is 0 Å². The van der Waals surface area contributed by atoms with E-state index in [1.165, 1.54) is 6.08 Å². The number of hydrogen-bond donors (Lipinski definition) is 3. The molecule has 0 saturated heterocycles. The van der Waals surface area contributed by atoms with Gasteiger partial charge in [0.1, 0.15) is 6.61 Å². The zero-order valence-electron chi connectivity index (χ0n) is 19.2. The third-order valence-electron chi connectivity index (χ3n) is 5.79. The van der Waals surface area contributed by atoms with Crippen LogP contribution in [-0.2, 0) is 14.3 Å². The first-order valence-corrected chi connectivity index (χ1v) is 11.3. The van der Waals surface area contributed by atoms with Gasteiger partial charge in [-0.25, -0.2) is 9.59 Å². The molecule has 0 aromatic heterocycles. The van der Waals surface area contributed by atoms with Crippen LogP contribution in [0.1, 0.15) is 36.0 Å². The summed E-state index contributed by atoms with van der Waals surface area (Å²) in [6.07, 6.45) is 1.95. The number of amides is 2. The predicted molar refractivity (Wildman–Crippen MR) is 134 cm³/mol. The lowest BCUT2D eigenvalue weighted by molar-refractivity contribution is -0.131. The largest absolute Gasteiger partial charge is 0.478 e. The summed E-state index contributed by atoms with van der Waals surface area (Å²) in [4.78, 5) is 35.5. The monoisotopic (exact) mass is 470 g/mol. The van der Waals surface area contributed by atoms with Gasteiger partial charge in [0, 0.05) is 30.1 Å². The average Bonchev–Trinajstić information content (AvgIpc) is 3.15. The van der Waals surface area contributed by atoms with Gasteiger partial charge in [0.05, 0.1) is 0 Å². The normalized spacial score (nSPS) is 13.1. The Morgan fingerprint density at radius 2 is 1.63 bits per heavy atom. The van der Waals surface area contributed by atoms with Crippen molar-refractivity contribution in [1.29, 1.82) is 0 Å². The minimum atomic E-state index is -1.05. The molecule has 3 aromatic rings. The molecule has 0 bridgehead atoms. The Labute approximate surface area is 203 Å². The third kappa shape index (κ3) is 5.95. The van der Waals surface area contributed by atoms with E-state index >= 15 is 0 Å². The maximum atomic E-state index is 12.4. The number of fused-ring (bicyclic) bond motifs is 3. The van der Waals surface area contributed by atoms with Crippen molar-refractivity contribution in [2.24, 2.45) is 0 Å². The van der Waals surface area contributed by atoms with E-state index in [9.17, 15) is 14.4 Å². The summed E-state index contributed by atoms with van der Waals surface area (Å²) in [6.45, 7) is 1.93. The summed E-state index contributed by atoms with van der Waals surface area (Å²) in [5, 5.41) is 14.2. The first-order valence-electron chi connectivity index (χ1n) is 11.3. The van der Waals surface area contributed by atoms with Gasteiger partial charge in [-0.05, 0) is 52.9 Å². The molecule has 0 heterocycles. The number of nitrogens with one attached hydrogen (secondary N) is 2. The molecule has 1 atom stereocenters. The maximum Gasteiger partial charge on any atom is 0.407 e. The van der Waals surface area contributed by atoms with Gasteiger partial charge in [0.2, 0.25) is 5.91 Å². The minimum absolute atomic E-state index is 0.0331. The summed E-state index contributed by atoms with van der Waals surface area (Å²) >= 11 is 0. The molecule has 178 valence electrons. The Bertz CT molecular complexity index is 1240. The lowest BCUT2D eigenvalue weighted by atomic mass is 9.98. The molecule has 3 N–H and O–H groups in total. The van der Waals surface area contributed by atoms with Crippen LogP contribution in [0.4, 0.5) is 10.5 Å². The molecule has 0 aliphatic heterocycles. The van der Waals surface area contributed by atoms with Gasteiger partial charge < -0.3 is 20.5 Å². The fraction of sp³-hybridized carbons (Fsp3) is 0.179. The van der Waals surface area contributed by atoms with Gasteiger partial charge in [0.15, 0.2) is 0 Å². The van der Waals surface area contributed by atoms with E-state index in [2.05, 4.69) is 34.9 Å². The molecule has 1 aliphatic carbocycles. The molecule has 0 radical (unpaired) electrons. The smallest absolute Gasteiger partial charge is 0.407 e. The predicted octanol–water partition coefficient (Wildman–Crippen LogP) is 5.04. The number of anilines is 1. The van der Waals surface area contributed by atoms with Crippen LogP contribution in [0.2, 0.25) is 0 Å². The summed E-state index contributed by atoms with van der Waals surface area (Å²) in [5.41, 5.74) is 5.77. The summed E-state index contributed by atoms with van der Waals surface area (Å²) < 4.78 is 5.53. The van der Waals surface area contributed by atoms with Gasteiger partial charge in [-0.1, -0.05) is 60.7 Å². The lowest BCUT2D eigenvalue weighted by Crippen LogP contribution is -2.36. The Hall–Kier alpha value is -4.39. The van der Waals surface area contributed by atoms with Crippen LogP contribution in [0.15, 0.2) is 78.9 Å². The average molecular weight is 471 g/mol. The highest BCUT2D eigenvalue weighted by Crippen LogP contribution is 2.44. The number of benzene rings is 3. The van der Waals surface area contributed by atoms with Gasteiger partial charge in [-0.3, -0.25) is 4.79 Å². The molecule has 3 aromatic carbocycles. The topological polar surface area (TPSA) is 105 Å². The van der Waals surface area contributed by atoms with Crippen molar-refractivity contribution in [2.75, 3.05) is 11.9 Å². The molecule has 7 heteroatoms. The van der Waals surface area contributed by atoms with Crippen LogP contribution >= 0.6 is 0 Å². The molecular weight excluding hydrogens is 444 g/mol. The van der Waals surface area contributed by atoms with Crippen molar-refractivity contribution < 1.29 is 24.2 Å². The van der Waals surface area contributed by atoms with E-state index in [1.54, 1.807) is 31.2 Å². The zero-order chi connectivity index (χ0) is 24.8. The molecule has 0 fully saturated rings. The summed E-state index contributed by atoms with van der Waals surface area (Å²) in [7, 11) is 0.